The topological polar surface area (TPSA) is 46.5 Å². The van der Waals surface area contributed by atoms with Crippen LogP contribution in [0.15, 0.2) is 48.5 Å². The molecule has 4 heteroatoms. The molecule has 0 atom stereocenters. The van der Waals surface area contributed by atoms with Crippen LogP contribution in [0.2, 0.25) is 5.02 Å². The molecule has 0 aromatic heterocycles. The molecule has 0 saturated carbocycles. The molecular formula is C13H9ClO3. The van der Waals surface area contributed by atoms with E-state index >= 15 is 0 Å². The van der Waals surface area contributed by atoms with E-state index in [2.05, 4.69) is 0 Å². The number of para-hydroxylation sites is 2. The van der Waals surface area contributed by atoms with Crippen LogP contribution in [0, 0.1) is 0 Å². The smallest absolute Gasteiger partial charge is 0.339 e. The standard InChI is InChI=1S/C13H9ClO3/c14-10-6-2-4-8-12(10)17-11-7-3-1-5-9(11)13(15)16/h1-8H,(H,15,16). The Balaban J connectivity index is 2.37. The van der Waals surface area contributed by atoms with Crippen molar-refractivity contribution < 1.29 is 14.6 Å². The van der Waals surface area contributed by atoms with Crippen molar-refractivity contribution in [2.75, 3.05) is 0 Å². The number of carbonyl (C=O) groups is 1. The Hall–Kier alpha value is -2.00. The lowest BCUT2D eigenvalue weighted by atomic mass is 10.2. The van der Waals surface area contributed by atoms with Gasteiger partial charge in [-0.2, -0.15) is 0 Å². The maximum absolute atomic E-state index is 11.0. The lowest BCUT2D eigenvalue weighted by Crippen LogP contribution is -1.99. The van der Waals surface area contributed by atoms with Crippen molar-refractivity contribution in [3.05, 3.63) is 59.1 Å². The fourth-order valence-electron chi connectivity index (χ4n) is 1.38. The Bertz CT molecular complexity index is 552. The molecule has 0 spiro atoms. The lowest BCUT2D eigenvalue weighted by molar-refractivity contribution is 0.0694. The molecule has 17 heavy (non-hydrogen) atoms. The van der Waals surface area contributed by atoms with E-state index in [9.17, 15) is 4.79 Å². The normalized spacial score (nSPS) is 9.94. The van der Waals surface area contributed by atoms with Gasteiger partial charge in [0.2, 0.25) is 0 Å². The zero-order valence-corrected chi connectivity index (χ0v) is 9.52. The highest BCUT2D eigenvalue weighted by molar-refractivity contribution is 6.32. The summed E-state index contributed by atoms with van der Waals surface area (Å²) >= 11 is 5.93. The summed E-state index contributed by atoms with van der Waals surface area (Å²) in [6.45, 7) is 0. The molecule has 0 aliphatic carbocycles. The van der Waals surface area contributed by atoms with Crippen LogP contribution >= 0.6 is 11.6 Å². The fraction of sp³-hybridized carbons (Fsp3) is 0. The molecule has 0 fully saturated rings. The third-order valence-corrected chi connectivity index (χ3v) is 2.49. The van der Waals surface area contributed by atoms with Gasteiger partial charge in [0.1, 0.15) is 17.1 Å². The zero-order chi connectivity index (χ0) is 12.3. The van der Waals surface area contributed by atoms with Gasteiger partial charge in [-0.15, -0.1) is 0 Å². The number of benzene rings is 2. The fourth-order valence-corrected chi connectivity index (χ4v) is 1.55. The number of carboxylic acids is 1. The highest BCUT2D eigenvalue weighted by Crippen LogP contribution is 2.30. The number of aromatic carboxylic acids is 1. The molecule has 0 amide bonds. The quantitative estimate of drug-likeness (QED) is 0.898. The second kappa shape index (κ2) is 4.89. The van der Waals surface area contributed by atoms with Crippen molar-refractivity contribution in [3.8, 4) is 11.5 Å². The van der Waals surface area contributed by atoms with Gasteiger partial charge in [-0.1, -0.05) is 35.9 Å². The molecule has 2 aromatic carbocycles. The first-order valence-electron chi connectivity index (χ1n) is 4.93. The van der Waals surface area contributed by atoms with Gasteiger partial charge in [-0.05, 0) is 24.3 Å². The van der Waals surface area contributed by atoms with Gasteiger partial charge in [0.25, 0.3) is 0 Å². The van der Waals surface area contributed by atoms with Crippen molar-refractivity contribution >= 4 is 17.6 Å². The van der Waals surface area contributed by atoms with Crippen molar-refractivity contribution in [2.24, 2.45) is 0 Å². The minimum Gasteiger partial charge on any atom is -0.478 e. The van der Waals surface area contributed by atoms with Crippen LogP contribution in [0.4, 0.5) is 0 Å². The molecule has 0 radical (unpaired) electrons. The summed E-state index contributed by atoms with van der Waals surface area (Å²) < 4.78 is 5.49. The SMILES string of the molecule is O=C(O)c1ccccc1Oc1ccccc1Cl. The Kier molecular flexibility index (Phi) is 3.30. The molecule has 0 aliphatic rings. The molecule has 3 nitrogen and oxygen atoms in total. The Morgan fingerprint density at radius 1 is 1.00 bits per heavy atom. The second-order valence-electron chi connectivity index (χ2n) is 3.33. The molecule has 86 valence electrons. The highest BCUT2D eigenvalue weighted by atomic mass is 35.5. The number of ether oxygens (including phenoxy) is 1. The predicted molar refractivity (Wildman–Crippen MR) is 64.9 cm³/mol. The number of hydrogen-bond acceptors (Lipinski definition) is 2. The minimum absolute atomic E-state index is 0.104. The maximum atomic E-state index is 11.0. The summed E-state index contributed by atoms with van der Waals surface area (Å²) in [4.78, 5) is 11.0. The van der Waals surface area contributed by atoms with E-state index < -0.39 is 5.97 Å². The summed E-state index contributed by atoms with van der Waals surface area (Å²) in [6, 6.07) is 13.3. The molecule has 0 saturated heterocycles. The Morgan fingerprint density at radius 2 is 1.59 bits per heavy atom. The van der Waals surface area contributed by atoms with Crippen LogP contribution < -0.4 is 4.74 Å². The van der Waals surface area contributed by atoms with E-state index in [1.54, 1.807) is 42.5 Å². The molecule has 2 rings (SSSR count). The first-order valence-corrected chi connectivity index (χ1v) is 5.31. The summed E-state index contributed by atoms with van der Waals surface area (Å²) in [6.07, 6.45) is 0. The first kappa shape index (κ1) is 11.5. The van der Waals surface area contributed by atoms with E-state index in [1.807, 2.05) is 0 Å². The highest BCUT2D eigenvalue weighted by Gasteiger charge is 2.11. The number of halogens is 1. The Morgan fingerprint density at radius 3 is 2.24 bits per heavy atom. The van der Waals surface area contributed by atoms with E-state index in [4.69, 9.17) is 21.4 Å². The second-order valence-corrected chi connectivity index (χ2v) is 3.74. The van der Waals surface area contributed by atoms with Crippen LogP contribution in [-0.2, 0) is 0 Å². The number of hydrogen-bond donors (Lipinski definition) is 1. The van der Waals surface area contributed by atoms with Gasteiger partial charge in [0.05, 0.1) is 5.02 Å². The average molecular weight is 249 g/mol. The van der Waals surface area contributed by atoms with Gasteiger partial charge in [0, 0.05) is 0 Å². The van der Waals surface area contributed by atoms with Gasteiger partial charge >= 0.3 is 5.97 Å². The van der Waals surface area contributed by atoms with Crippen molar-refractivity contribution in [1.82, 2.24) is 0 Å². The van der Waals surface area contributed by atoms with Gasteiger partial charge in [-0.25, -0.2) is 4.79 Å². The van der Waals surface area contributed by atoms with Crippen molar-refractivity contribution in [3.63, 3.8) is 0 Å². The monoisotopic (exact) mass is 248 g/mol. The third-order valence-electron chi connectivity index (χ3n) is 2.17. The average Bonchev–Trinajstić information content (AvgIpc) is 2.32. The first-order chi connectivity index (χ1) is 8.18. The van der Waals surface area contributed by atoms with Crippen LogP contribution in [-0.4, -0.2) is 11.1 Å². The van der Waals surface area contributed by atoms with Crippen LogP contribution in [0.3, 0.4) is 0 Å². The van der Waals surface area contributed by atoms with Gasteiger partial charge in [0.15, 0.2) is 0 Å². The zero-order valence-electron chi connectivity index (χ0n) is 8.76. The largest absolute Gasteiger partial charge is 0.478 e. The van der Waals surface area contributed by atoms with Crippen LogP contribution in [0.5, 0.6) is 11.5 Å². The van der Waals surface area contributed by atoms with E-state index in [0.717, 1.165) is 0 Å². The summed E-state index contributed by atoms with van der Waals surface area (Å²) in [5.74, 6) is -0.330. The lowest BCUT2D eigenvalue weighted by Gasteiger charge is -2.09. The molecule has 0 unspecified atom stereocenters. The predicted octanol–water partition coefficient (Wildman–Crippen LogP) is 3.83. The minimum atomic E-state index is -1.03. The van der Waals surface area contributed by atoms with Gasteiger partial charge < -0.3 is 9.84 Å². The van der Waals surface area contributed by atoms with E-state index in [-0.39, 0.29) is 11.3 Å². The van der Waals surface area contributed by atoms with E-state index in [0.29, 0.717) is 10.8 Å². The molecule has 1 N–H and O–H groups in total. The van der Waals surface area contributed by atoms with Gasteiger partial charge in [-0.3, -0.25) is 0 Å². The van der Waals surface area contributed by atoms with E-state index in [1.165, 1.54) is 6.07 Å². The molecule has 0 heterocycles. The molecule has 0 bridgehead atoms. The summed E-state index contributed by atoms with van der Waals surface area (Å²) in [5.41, 5.74) is 0.104. The van der Waals surface area contributed by atoms with Crippen LogP contribution in [0.25, 0.3) is 0 Å². The summed E-state index contributed by atoms with van der Waals surface area (Å²) in [7, 11) is 0. The van der Waals surface area contributed by atoms with Crippen LogP contribution in [0.1, 0.15) is 10.4 Å². The summed E-state index contributed by atoms with van der Waals surface area (Å²) in [5, 5.41) is 9.44. The van der Waals surface area contributed by atoms with Crippen molar-refractivity contribution in [1.29, 1.82) is 0 Å². The number of rotatable bonds is 3. The molecule has 0 aliphatic heterocycles. The Labute approximate surface area is 103 Å². The molecular weight excluding hydrogens is 240 g/mol. The third kappa shape index (κ3) is 2.57. The maximum Gasteiger partial charge on any atom is 0.339 e. The van der Waals surface area contributed by atoms with Crippen molar-refractivity contribution in [2.45, 2.75) is 0 Å². The molecule has 2 aromatic rings. The number of carboxylic acid groups (broad SMARTS) is 1.